The van der Waals surface area contributed by atoms with Crippen molar-refractivity contribution in [1.82, 2.24) is 4.90 Å². The number of nitrogens with zero attached hydrogens (tertiary/aromatic N) is 1. The van der Waals surface area contributed by atoms with E-state index in [1.54, 1.807) is 0 Å². The van der Waals surface area contributed by atoms with Crippen molar-refractivity contribution in [2.24, 2.45) is 0 Å². The lowest BCUT2D eigenvalue weighted by molar-refractivity contribution is 0.410. The normalized spacial score (nSPS) is 10.9. The van der Waals surface area contributed by atoms with Crippen molar-refractivity contribution in [3.05, 3.63) is 59.0 Å². The first-order chi connectivity index (χ1) is 9.65. The number of anilines is 1. The molecule has 0 radical (unpaired) electrons. The average molecular weight is 286 g/mol. The molecule has 2 nitrogen and oxygen atoms in total. The standard InChI is InChI=1S/C11H18N2S.C6H4/c1-13(2)8-3-9-14-11-6-4-10(12)5-7-11;1-2-6-4-3-5(1)6/h4-7H,3,8-9,12H2,1-2H3;1-4H. The minimum Gasteiger partial charge on any atom is -0.399 e. The van der Waals surface area contributed by atoms with Gasteiger partial charge in [-0.25, -0.2) is 0 Å². The predicted octanol–water partition coefficient (Wildman–Crippen LogP) is 3.60. The number of nitrogens with two attached hydrogens (primary N) is 1. The average Bonchev–Trinajstić information content (AvgIpc) is 2.41. The lowest BCUT2D eigenvalue weighted by Crippen LogP contribution is -2.13. The molecule has 3 heteroatoms. The van der Waals surface area contributed by atoms with Gasteiger partial charge in [0, 0.05) is 10.6 Å². The third kappa shape index (κ3) is 4.58. The molecule has 2 aliphatic carbocycles. The van der Waals surface area contributed by atoms with Crippen LogP contribution in [0.3, 0.4) is 0 Å². The van der Waals surface area contributed by atoms with Gasteiger partial charge in [0.25, 0.3) is 0 Å². The van der Waals surface area contributed by atoms with Gasteiger partial charge in [0.15, 0.2) is 0 Å². The van der Waals surface area contributed by atoms with E-state index in [9.17, 15) is 0 Å². The summed E-state index contributed by atoms with van der Waals surface area (Å²) in [5, 5.41) is 2.85. The zero-order valence-electron chi connectivity index (χ0n) is 12.2. The third-order valence-electron chi connectivity index (χ3n) is 3.12. The fraction of sp³-hybridized carbons (Fsp3) is 0.294. The highest BCUT2D eigenvalue weighted by Gasteiger charge is 1.94. The molecule has 0 amide bonds. The Kier molecular flexibility index (Phi) is 5.50. The van der Waals surface area contributed by atoms with Crippen molar-refractivity contribution < 1.29 is 0 Å². The van der Waals surface area contributed by atoms with Crippen LogP contribution in [0, 0.1) is 10.4 Å². The molecule has 0 unspecified atom stereocenters. The van der Waals surface area contributed by atoms with Crippen LogP contribution in [0.25, 0.3) is 0 Å². The number of hydrogen-bond donors (Lipinski definition) is 1. The van der Waals surface area contributed by atoms with Gasteiger partial charge in [0.2, 0.25) is 0 Å². The van der Waals surface area contributed by atoms with Gasteiger partial charge in [-0.05, 0) is 67.5 Å². The molecule has 0 aromatic heterocycles. The van der Waals surface area contributed by atoms with E-state index in [-0.39, 0.29) is 0 Å². The topological polar surface area (TPSA) is 29.3 Å². The van der Waals surface area contributed by atoms with Crippen molar-refractivity contribution in [1.29, 1.82) is 0 Å². The summed E-state index contributed by atoms with van der Waals surface area (Å²) < 4.78 is 0. The molecule has 1 aromatic carbocycles. The van der Waals surface area contributed by atoms with Crippen molar-refractivity contribution in [3.63, 3.8) is 0 Å². The second-order valence-corrected chi connectivity index (χ2v) is 6.32. The second-order valence-electron chi connectivity index (χ2n) is 5.15. The van der Waals surface area contributed by atoms with Gasteiger partial charge >= 0.3 is 0 Å². The minimum atomic E-state index is 0.836. The van der Waals surface area contributed by atoms with E-state index >= 15 is 0 Å². The van der Waals surface area contributed by atoms with E-state index in [2.05, 4.69) is 55.4 Å². The van der Waals surface area contributed by atoms with Crippen LogP contribution in [0.2, 0.25) is 0 Å². The summed E-state index contributed by atoms with van der Waals surface area (Å²) in [6.45, 7) is 1.15. The second kappa shape index (κ2) is 7.36. The van der Waals surface area contributed by atoms with E-state index in [0.717, 1.165) is 12.2 Å². The zero-order valence-corrected chi connectivity index (χ0v) is 13.0. The van der Waals surface area contributed by atoms with Crippen LogP contribution < -0.4 is 5.73 Å². The van der Waals surface area contributed by atoms with E-state index < -0.39 is 0 Å². The van der Waals surface area contributed by atoms with Crippen LogP contribution in [-0.2, 0) is 0 Å². The molecule has 0 heterocycles. The van der Waals surface area contributed by atoms with Crippen LogP contribution >= 0.6 is 11.8 Å². The Balaban J connectivity index is 0.000000198. The maximum Gasteiger partial charge on any atom is 0.0314 e. The molecular formula is C17H22N2S. The highest BCUT2D eigenvalue weighted by molar-refractivity contribution is 7.99. The first-order valence-corrected chi connectivity index (χ1v) is 7.87. The molecule has 0 spiro atoms. The lowest BCUT2D eigenvalue weighted by Gasteiger charge is -2.08. The summed E-state index contributed by atoms with van der Waals surface area (Å²) in [6, 6.07) is 16.5. The van der Waals surface area contributed by atoms with Gasteiger partial charge in [0.05, 0.1) is 0 Å². The molecule has 2 N–H and O–H groups in total. The van der Waals surface area contributed by atoms with Crippen LogP contribution in [0.1, 0.15) is 6.42 Å². The molecule has 0 bridgehead atoms. The third-order valence-corrected chi connectivity index (χ3v) is 4.22. The van der Waals surface area contributed by atoms with Gasteiger partial charge < -0.3 is 10.6 Å². The quantitative estimate of drug-likeness (QED) is 0.441. The SMILES string of the molecule is CN(C)CCCSc1ccc(N)cc1.c1cc2ccc1=2. The summed E-state index contributed by atoms with van der Waals surface area (Å²) in [6.07, 6.45) is 1.22. The van der Waals surface area contributed by atoms with Crippen molar-refractivity contribution in [2.45, 2.75) is 11.3 Å². The van der Waals surface area contributed by atoms with E-state index in [1.807, 2.05) is 23.9 Å². The molecule has 0 atom stereocenters. The van der Waals surface area contributed by atoms with Crippen LogP contribution in [0.15, 0.2) is 53.4 Å². The number of rotatable bonds is 5. The van der Waals surface area contributed by atoms with Gasteiger partial charge in [-0.1, -0.05) is 24.3 Å². The highest BCUT2D eigenvalue weighted by Crippen LogP contribution is 2.19. The number of benzene rings is 2. The van der Waals surface area contributed by atoms with Gasteiger partial charge in [-0.15, -0.1) is 11.8 Å². The zero-order chi connectivity index (χ0) is 14.4. The highest BCUT2D eigenvalue weighted by atomic mass is 32.2. The number of hydrogen-bond acceptors (Lipinski definition) is 3. The maximum atomic E-state index is 5.61. The largest absolute Gasteiger partial charge is 0.399 e. The maximum absolute atomic E-state index is 5.61. The molecule has 3 rings (SSSR count). The fourth-order valence-corrected chi connectivity index (χ4v) is 2.64. The smallest absolute Gasteiger partial charge is 0.0314 e. The molecule has 2 aliphatic rings. The fourth-order valence-electron chi connectivity index (χ4n) is 1.80. The molecule has 106 valence electrons. The van der Waals surface area contributed by atoms with E-state index in [4.69, 9.17) is 5.73 Å². The van der Waals surface area contributed by atoms with E-state index in [1.165, 1.54) is 27.5 Å². The van der Waals surface area contributed by atoms with Crippen molar-refractivity contribution >= 4 is 17.4 Å². The monoisotopic (exact) mass is 286 g/mol. The van der Waals surface area contributed by atoms with Crippen LogP contribution in [-0.4, -0.2) is 31.3 Å². The Morgan fingerprint density at radius 2 is 1.45 bits per heavy atom. The summed E-state index contributed by atoms with van der Waals surface area (Å²) in [7, 11) is 4.21. The first kappa shape index (κ1) is 14.9. The molecular weight excluding hydrogens is 264 g/mol. The predicted molar refractivity (Wildman–Crippen MR) is 88.9 cm³/mol. The summed E-state index contributed by atoms with van der Waals surface area (Å²) in [4.78, 5) is 3.52. The molecule has 20 heavy (non-hydrogen) atoms. The Morgan fingerprint density at radius 1 is 0.900 bits per heavy atom. The Morgan fingerprint density at radius 3 is 1.85 bits per heavy atom. The first-order valence-electron chi connectivity index (χ1n) is 6.88. The Hall–Kier alpha value is -1.45. The minimum absolute atomic E-state index is 0.836. The van der Waals surface area contributed by atoms with E-state index in [0.29, 0.717) is 0 Å². The summed E-state index contributed by atoms with van der Waals surface area (Å²) in [5.74, 6) is 1.17. The molecule has 0 saturated carbocycles. The number of nitrogen functional groups attached to an aromatic ring is 1. The number of thioether (sulfide) groups is 1. The van der Waals surface area contributed by atoms with Crippen molar-refractivity contribution in [2.75, 3.05) is 32.1 Å². The summed E-state index contributed by atoms with van der Waals surface area (Å²) >= 11 is 1.89. The lowest BCUT2D eigenvalue weighted by atomic mass is 10.1. The molecule has 0 saturated heterocycles. The Labute approximate surface area is 125 Å². The van der Waals surface area contributed by atoms with Gasteiger partial charge in [0.1, 0.15) is 0 Å². The van der Waals surface area contributed by atoms with Gasteiger partial charge in [-0.2, -0.15) is 0 Å². The van der Waals surface area contributed by atoms with Crippen molar-refractivity contribution in [3.8, 4) is 0 Å². The molecule has 1 aromatic rings. The molecule has 0 aliphatic heterocycles. The summed E-state index contributed by atoms with van der Waals surface area (Å²) in [5.41, 5.74) is 6.44. The molecule has 0 fully saturated rings. The Bertz CT molecular complexity index is 570. The van der Waals surface area contributed by atoms with Crippen LogP contribution in [0.5, 0.6) is 0 Å². The van der Waals surface area contributed by atoms with Gasteiger partial charge in [-0.3, -0.25) is 0 Å². The van der Waals surface area contributed by atoms with Crippen LogP contribution in [0.4, 0.5) is 5.69 Å².